The van der Waals surface area contributed by atoms with E-state index in [4.69, 9.17) is 5.73 Å². The Kier molecular flexibility index (Phi) is 3.26. The molecule has 98 valence electrons. The van der Waals surface area contributed by atoms with E-state index in [1.54, 1.807) is 0 Å². The Bertz CT molecular complexity index is 713. The lowest BCUT2D eigenvalue weighted by Crippen LogP contribution is -1.89. The van der Waals surface area contributed by atoms with Gasteiger partial charge < -0.3 is 5.73 Å². The van der Waals surface area contributed by atoms with Crippen molar-refractivity contribution in [2.75, 3.05) is 5.73 Å². The van der Waals surface area contributed by atoms with Gasteiger partial charge in [0.2, 0.25) is 0 Å². The molecule has 1 heteroatoms. The summed E-state index contributed by atoms with van der Waals surface area (Å²) < 4.78 is 0. The second-order valence-electron chi connectivity index (χ2n) is 5.02. The van der Waals surface area contributed by atoms with E-state index in [2.05, 4.69) is 61.5 Å². The summed E-state index contributed by atoms with van der Waals surface area (Å²) in [6.45, 7) is 2.11. The van der Waals surface area contributed by atoms with Crippen LogP contribution in [0.15, 0.2) is 72.8 Å². The van der Waals surface area contributed by atoms with Crippen LogP contribution in [0.1, 0.15) is 5.56 Å². The van der Waals surface area contributed by atoms with Crippen LogP contribution in [0.25, 0.3) is 22.3 Å². The lowest BCUT2D eigenvalue weighted by atomic mass is 9.97. The molecular formula is C19H17N. The van der Waals surface area contributed by atoms with Crippen molar-refractivity contribution in [1.29, 1.82) is 0 Å². The molecule has 0 amide bonds. The van der Waals surface area contributed by atoms with Crippen molar-refractivity contribution in [2.45, 2.75) is 6.92 Å². The fourth-order valence-corrected chi connectivity index (χ4v) is 2.42. The Balaban J connectivity index is 2.00. The van der Waals surface area contributed by atoms with Gasteiger partial charge >= 0.3 is 0 Å². The van der Waals surface area contributed by atoms with E-state index in [1.807, 2.05) is 18.2 Å². The molecule has 0 saturated carbocycles. The van der Waals surface area contributed by atoms with Gasteiger partial charge in [0.15, 0.2) is 0 Å². The minimum Gasteiger partial charge on any atom is -0.399 e. The molecule has 0 aliphatic carbocycles. The fraction of sp³-hybridized carbons (Fsp3) is 0.0526. The molecule has 3 aromatic rings. The van der Waals surface area contributed by atoms with Crippen LogP contribution in [-0.4, -0.2) is 0 Å². The lowest BCUT2D eigenvalue weighted by molar-refractivity contribution is 1.46. The van der Waals surface area contributed by atoms with Gasteiger partial charge in [-0.25, -0.2) is 0 Å². The summed E-state index contributed by atoms with van der Waals surface area (Å²) in [5, 5.41) is 0. The van der Waals surface area contributed by atoms with Gasteiger partial charge in [0.1, 0.15) is 0 Å². The van der Waals surface area contributed by atoms with Crippen LogP contribution in [0.4, 0.5) is 5.69 Å². The molecule has 0 atom stereocenters. The van der Waals surface area contributed by atoms with Crippen LogP contribution in [0.3, 0.4) is 0 Å². The van der Waals surface area contributed by atoms with Crippen LogP contribution in [-0.2, 0) is 0 Å². The molecule has 0 unspecified atom stereocenters. The predicted molar refractivity (Wildman–Crippen MR) is 86.5 cm³/mol. The largest absolute Gasteiger partial charge is 0.399 e. The van der Waals surface area contributed by atoms with E-state index in [0.29, 0.717) is 0 Å². The van der Waals surface area contributed by atoms with Crippen molar-refractivity contribution in [3.63, 3.8) is 0 Å². The Morgan fingerprint density at radius 3 is 1.95 bits per heavy atom. The fourth-order valence-electron chi connectivity index (χ4n) is 2.42. The van der Waals surface area contributed by atoms with Crippen LogP contribution >= 0.6 is 0 Å². The van der Waals surface area contributed by atoms with Gasteiger partial charge in [-0.3, -0.25) is 0 Å². The number of nitrogen functional groups attached to an aromatic ring is 1. The second-order valence-corrected chi connectivity index (χ2v) is 5.02. The summed E-state index contributed by atoms with van der Waals surface area (Å²) in [5.41, 5.74) is 12.8. The second kappa shape index (κ2) is 5.22. The maximum absolute atomic E-state index is 5.89. The van der Waals surface area contributed by atoms with Gasteiger partial charge in [0.05, 0.1) is 0 Å². The quantitative estimate of drug-likeness (QED) is 0.650. The third-order valence-corrected chi connectivity index (χ3v) is 3.56. The highest BCUT2D eigenvalue weighted by Crippen LogP contribution is 2.28. The molecule has 0 aliphatic rings. The summed E-state index contributed by atoms with van der Waals surface area (Å²) in [6, 6.07) is 25.1. The van der Waals surface area contributed by atoms with E-state index in [1.165, 1.54) is 27.8 Å². The first kappa shape index (κ1) is 12.5. The summed E-state index contributed by atoms with van der Waals surface area (Å²) in [4.78, 5) is 0. The predicted octanol–water partition coefficient (Wildman–Crippen LogP) is 4.91. The van der Waals surface area contributed by atoms with Crippen molar-refractivity contribution < 1.29 is 0 Å². The molecule has 0 aliphatic heterocycles. The van der Waals surface area contributed by atoms with Gasteiger partial charge in [-0.1, -0.05) is 60.7 Å². The molecule has 0 aromatic heterocycles. The first-order valence-electron chi connectivity index (χ1n) is 6.76. The summed E-state index contributed by atoms with van der Waals surface area (Å²) in [6.07, 6.45) is 0. The molecule has 0 fully saturated rings. The molecule has 0 heterocycles. The minimum absolute atomic E-state index is 0.803. The molecule has 3 rings (SSSR count). The van der Waals surface area contributed by atoms with Crippen LogP contribution in [0.5, 0.6) is 0 Å². The maximum Gasteiger partial charge on any atom is 0.0320 e. The molecule has 0 spiro atoms. The standard InChI is InChI=1S/C19H17N/c1-14-7-12-18(20)13-19(14)17-10-8-16(9-11-17)15-5-3-2-4-6-15/h2-13H,20H2,1H3. The van der Waals surface area contributed by atoms with Crippen molar-refractivity contribution in [2.24, 2.45) is 0 Å². The number of hydrogen-bond donors (Lipinski definition) is 1. The highest BCUT2D eigenvalue weighted by molar-refractivity contribution is 5.74. The van der Waals surface area contributed by atoms with E-state index < -0.39 is 0 Å². The Morgan fingerprint density at radius 1 is 0.650 bits per heavy atom. The van der Waals surface area contributed by atoms with E-state index >= 15 is 0 Å². The van der Waals surface area contributed by atoms with Crippen molar-refractivity contribution in [3.8, 4) is 22.3 Å². The number of aryl methyl sites for hydroxylation is 1. The summed E-state index contributed by atoms with van der Waals surface area (Å²) in [5.74, 6) is 0. The van der Waals surface area contributed by atoms with E-state index in [0.717, 1.165) is 5.69 Å². The summed E-state index contributed by atoms with van der Waals surface area (Å²) in [7, 11) is 0. The Hall–Kier alpha value is -2.54. The average Bonchev–Trinajstić information content (AvgIpc) is 2.51. The zero-order valence-corrected chi connectivity index (χ0v) is 11.5. The molecular weight excluding hydrogens is 242 g/mol. The van der Waals surface area contributed by atoms with Gasteiger partial charge in [0.25, 0.3) is 0 Å². The topological polar surface area (TPSA) is 26.0 Å². The lowest BCUT2D eigenvalue weighted by Gasteiger charge is -2.08. The SMILES string of the molecule is Cc1ccc(N)cc1-c1ccc(-c2ccccc2)cc1. The average molecular weight is 259 g/mol. The first-order valence-corrected chi connectivity index (χ1v) is 6.76. The molecule has 2 N–H and O–H groups in total. The van der Waals surface area contributed by atoms with Crippen LogP contribution in [0.2, 0.25) is 0 Å². The Morgan fingerprint density at radius 2 is 1.25 bits per heavy atom. The Labute approximate surface area is 119 Å². The molecule has 0 radical (unpaired) electrons. The zero-order chi connectivity index (χ0) is 13.9. The number of benzene rings is 3. The van der Waals surface area contributed by atoms with Gasteiger partial charge in [-0.2, -0.15) is 0 Å². The monoisotopic (exact) mass is 259 g/mol. The number of hydrogen-bond acceptors (Lipinski definition) is 1. The van der Waals surface area contributed by atoms with Crippen LogP contribution < -0.4 is 5.73 Å². The third-order valence-electron chi connectivity index (χ3n) is 3.56. The maximum atomic E-state index is 5.89. The smallest absolute Gasteiger partial charge is 0.0320 e. The van der Waals surface area contributed by atoms with E-state index in [9.17, 15) is 0 Å². The van der Waals surface area contributed by atoms with Gasteiger partial charge in [-0.05, 0) is 46.9 Å². The van der Waals surface area contributed by atoms with Gasteiger partial charge in [-0.15, -0.1) is 0 Å². The van der Waals surface area contributed by atoms with Crippen molar-refractivity contribution in [1.82, 2.24) is 0 Å². The minimum atomic E-state index is 0.803. The number of nitrogens with two attached hydrogens (primary N) is 1. The van der Waals surface area contributed by atoms with Crippen LogP contribution in [0, 0.1) is 6.92 Å². The molecule has 1 nitrogen and oxygen atoms in total. The van der Waals surface area contributed by atoms with Crippen molar-refractivity contribution >= 4 is 5.69 Å². The summed E-state index contributed by atoms with van der Waals surface area (Å²) >= 11 is 0. The molecule has 20 heavy (non-hydrogen) atoms. The normalized spacial score (nSPS) is 10.4. The highest BCUT2D eigenvalue weighted by atomic mass is 14.5. The van der Waals surface area contributed by atoms with Crippen molar-refractivity contribution in [3.05, 3.63) is 78.4 Å². The van der Waals surface area contributed by atoms with Gasteiger partial charge in [0, 0.05) is 5.69 Å². The van der Waals surface area contributed by atoms with E-state index in [-0.39, 0.29) is 0 Å². The molecule has 3 aromatic carbocycles. The molecule has 0 bridgehead atoms. The molecule has 0 saturated heterocycles. The highest BCUT2D eigenvalue weighted by Gasteiger charge is 2.03. The first-order chi connectivity index (χ1) is 9.74. The number of rotatable bonds is 2. The number of anilines is 1. The third kappa shape index (κ3) is 2.43. The zero-order valence-electron chi connectivity index (χ0n) is 11.5.